The number of likely N-dealkylation sites (tertiary alicyclic amines) is 1. The van der Waals surface area contributed by atoms with E-state index in [-0.39, 0.29) is 11.9 Å². The molecule has 1 aromatic rings. The highest BCUT2D eigenvalue weighted by Gasteiger charge is 2.26. The molecule has 1 heterocycles. The number of amides is 1. The minimum absolute atomic E-state index is 0.0368. The van der Waals surface area contributed by atoms with E-state index in [1.54, 1.807) is 37.5 Å². The zero-order valence-electron chi connectivity index (χ0n) is 12.4. The fraction of sp³-hybridized carbons (Fsp3) is 0.438. The normalized spacial score (nSPS) is 18.4. The van der Waals surface area contributed by atoms with Crippen LogP contribution in [-0.4, -0.2) is 44.1 Å². The van der Waals surface area contributed by atoms with Gasteiger partial charge in [-0.25, -0.2) is 0 Å². The van der Waals surface area contributed by atoms with Crippen molar-refractivity contribution in [3.63, 3.8) is 0 Å². The number of carbonyl (C=O) groups excluding carboxylic acids is 1. The maximum Gasteiger partial charge on any atom is 0.246 e. The van der Waals surface area contributed by atoms with Crippen molar-refractivity contribution in [1.82, 2.24) is 10.2 Å². The van der Waals surface area contributed by atoms with E-state index in [9.17, 15) is 4.79 Å². The maximum absolute atomic E-state index is 12.3. The fourth-order valence-corrected chi connectivity index (χ4v) is 2.85. The van der Waals surface area contributed by atoms with Crippen molar-refractivity contribution < 1.29 is 9.53 Å². The van der Waals surface area contributed by atoms with Crippen LogP contribution in [0, 0.1) is 0 Å². The Balaban J connectivity index is 2.10. The molecule has 1 atom stereocenters. The quantitative estimate of drug-likeness (QED) is 0.850. The number of rotatable bonds is 5. The first-order chi connectivity index (χ1) is 10.2. The molecule has 1 aromatic carbocycles. The summed E-state index contributed by atoms with van der Waals surface area (Å²) in [6.45, 7) is 1.66. The van der Waals surface area contributed by atoms with Gasteiger partial charge in [0.2, 0.25) is 5.91 Å². The summed E-state index contributed by atoms with van der Waals surface area (Å²) >= 11 is 5.99. The summed E-state index contributed by atoms with van der Waals surface area (Å²) in [5.74, 6) is 0.742. The lowest BCUT2D eigenvalue weighted by molar-refractivity contribution is -0.126. The van der Waals surface area contributed by atoms with Gasteiger partial charge in [0.05, 0.1) is 7.11 Å². The molecule has 1 N–H and O–H groups in total. The van der Waals surface area contributed by atoms with Crippen molar-refractivity contribution >= 4 is 23.6 Å². The summed E-state index contributed by atoms with van der Waals surface area (Å²) in [7, 11) is 3.51. The van der Waals surface area contributed by atoms with Crippen LogP contribution in [0.1, 0.15) is 18.4 Å². The lowest BCUT2D eigenvalue weighted by atomic mass is 10.1. The molecule has 2 rings (SSSR count). The van der Waals surface area contributed by atoms with E-state index in [4.69, 9.17) is 16.3 Å². The molecule has 114 valence electrons. The van der Waals surface area contributed by atoms with Crippen LogP contribution in [0.15, 0.2) is 24.3 Å². The zero-order chi connectivity index (χ0) is 15.2. The Bertz CT molecular complexity index is 531. The monoisotopic (exact) mass is 308 g/mol. The van der Waals surface area contributed by atoms with Gasteiger partial charge in [-0.15, -0.1) is 0 Å². The topological polar surface area (TPSA) is 41.6 Å². The molecule has 0 saturated carbocycles. The van der Waals surface area contributed by atoms with Gasteiger partial charge in [-0.2, -0.15) is 0 Å². The van der Waals surface area contributed by atoms with Gasteiger partial charge in [0.25, 0.3) is 0 Å². The van der Waals surface area contributed by atoms with Crippen molar-refractivity contribution in [1.29, 1.82) is 0 Å². The number of benzene rings is 1. The zero-order valence-corrected chi connectivity index (χ0v) is 13.2. The summed E-state index contributed by atoms with van der Waals surface area (Å²) in [4.78, 5) is 14.2. The van der Waals surface area contributed by atoms with Gasteiger partial charge >= 0.3 is 0 Å². The number of ether oxygens (including phenoxy) is 1. The van der Waals surface area contributed by atoms with Crippen molar-refractivity contribution in [2.24, 2.45) is 0 Å². The molecular formula is C16H21ClN2O2. The maximum atomic E-state index is 12.3. The summed E-state index contributed by atoms with van der Waals surface area (Å²) in [6, 6.07) is 5.64. The van der Waals surface area contributed by atoms with Crippen LogP contribution >= 0.6 is 11.6 Å². The Morgan fingerprint density at radius 3 is 3.10 bits per heavy atom. The number of likely N-dealkylation sites (N-methyl/N-ethyl adjacent to an activating group) is 1. The molecule has 1 saturated heterocycles. The third-order valence-corrected chi connectivity index (χ3v) is 3.93. The van der Waals surface area contributed by atoms with Gasteiger partial charge in [-0.3, -0.25) is 4.79 Å². The predicted molar refractivity (Wildman–Crippen MR) is 85.7 cm³/mol. The second kappa shape index (κ2) is 7.48. The minimum atomic E-state index is 0.0368. The first kappa shape index (κ1) is 15.9. The van der Waals surface area contributed by atoms with Gasteiger partial charge in [0.15, 0.2) is 0 Å². The van der Waals surface area contributed by atoms with E-state index >= 15 is 0 Å². The van der Waals surface area contributed by atoms with E-state index in [0.717, 1.165) is 31.5 Å². The lowest BCUT2D eigenvalue weighted by Crippen LogP contribution is -2.39. The van der Waals surface area contributed by atoms with E-state index in [2.05, 4.69) is 5.32 Å². The van der Waals surface area contributed by atoms with Crippen LogP contribution in [0.4, 0.5) is 0 Å². The summed E-state index contributed by atoms with van der Waals surface area (Å²) < 4.78 is 5.27. The van der Waals surface area contributed by atoms with E-state index < -0.39 is 0 Å². The summed E-state index contributed by atoms with van der Waals surface area (Å²) in [5.41, 5.74) is 0.808. The Kier molecular flexibility index (Phi) is 5.65. The molecule has 0 aliphatic carbocycles. The molecule has 0 radical (unpaired) electrons. The molecule has 5 heteroatoms. The van der Waals surface area contributed by atoms with E-state index in [1.165, 1.54) is 0 Å². The van der Waals surface area contributed by atoms with Gasteiger partial charge in [-0.05, 0) is 44.2 Å². The standard InChI is InChI=1S/C16H21ClN2O2/c1-18-11-14-4-3-9-19(14)16(20)8-5-12-10-13(17)6-7-15(12)21-2/h5-8,10,14,18H,3-4,9,11H2,1-2H3/b8-5+. The van der Waals surface area contributed by atoms with E-state index in [1.807, 2.05) is 11.9 Å². The number of hydrogen-bond donors (Lipinski definition) is 1. The molecule has 0 spiro atoms. The second-order valence-electron chi connectivity index (χ2n) is 5.10. The molecule has 1 aliphatic heterocycles. The Morgan fingerprint density at radius 1 is 1.57 bits per heavy atom. The van der Waals surface area contributed by atoms with E-state index in [0.29, 0.717) is 10.8 Å². The van der Waals surface area contributed by atoms with Crippen LogP contribution in [0.5, 0.6) is 5.75 Å². The molecule has 1 unspecified atom stereocenters. The molecule has 1 fully saturated rings. The largest absolute Gasteiger partial charge is 0.496 e. The highest BCUT2D eigenvalue weighted by molar-refractivity contribution is 6.30. The first-order valence-electron chi connectivity index (χ1n) is 7.12. The Morgan fingerprint density at radius 2 is 2.38 bits per heavy atom. The number of carbonyl (C=O) groups is 1. The summed E-state index contributed by atoms with van der Waals surface area (Å²) in [5, 5.41) is 3.76. The molecule has 0 bridgehead atoms. The molecule has 4 nitrogen and oxygen atoms in total. The van der Waals surface area contributed by atoms with Gasteiger partial charge < -0.3 is 15.0 Å². The van der Waals surface area contributed by atoms with Crippen molar-refractivity contribution in [2.75, 3.05) is 27.2 Å². The SMILES string of the molecule is CNCC1CCCN1C(=O)/C=C/c1cc(Cl)ccc1OC. The number of nitrogens with one attached hydrogen (secondary N) is 1. The average Bonchev–Trinajstić information content (AvgIpc) is 2.93. The fourth-order valence-electron chi connectivity index (χ4n) is 2.67. The van der Waals surface area contributed by atoms with Crippen molar-refractivity contribution in [3.05, 3.63) is 34.9 Å². The predicted octanol–water partition coefficient (Wildman–Crippen LogP) is 2.57. The van der Waals surface area contributed by atoms with Gasteiger partial charge in [0, 0.05) is 35.8 Å². The Labute approximate surface area is 130 Å². The van der Waals surface area contributed by atoms with Crippen LogP contribution < -0.4 is 10.1 Å². The number of methoxy groups -OCH3 is 1. The molecule has 1 amide bonds. The van der Waals surface area contributed by atoms with Crippen LogP contribution in [-0.2, 0) is 4.79 Å². The lowest BCUT2D eigenvalue weighted by Gasteiger charge is -2.23. The highest BCUT2D eigenvalue weighted by Crippen LogP contribution is 2.24. The Hall–Kier alpha value is -1.52. The minimum Gasteiger partial charge on any atom is -0.496 e. The third kappa shape index (κ3) is 3.99. The third-order valence-electron chi connectivity index (χ3n) is 3.70. The first-order valence-corrected chi connectivity index (χ1v) is 7.50. The van der Waals surface area contributed by atoms with Crippen LogP contribution in [0.3, 0.4) is 0 Å². The molecular weight excluding hydrogens is 288 g/mol. The van der Waals surface area contributed by atoms with Crippen LogP contribution in [0.2, 0.25) is 5.02 Å². The van der Waals surface area contributed by atoms with Crippen LogP contribution in [0.25, 0.3) is 6.08 Å². The smallest absolute Gasteiger partial charge is 0.246 e. The number of nitrogens with zero attached hydrogens (tertiary/aromatic N) is 1. The number of halogens is 1. The number of hydrogen-bond acceptors (Lipinski definition) is 3. The van der Waals surface area contributed by atoms with Crippen molar-refractivity contribution in [3.8, 4) is 5.75 Å². The second-order valence-corrected chi connectivity index (χ2v) is 5.54. The molecule has 0 aromatic heterocycles. The van der Waals surface area contributed by atoms with Crippen molar-refractivity contribution in [2.45, 2.75) is 18.9 Å². The molecule has 21 heavy (non-hydrogen) atoms. The highest BCUT2D eigenvalue weighted by atomic mass is 35.5. The van der Waals surface area contributed by atoms with Gasteiger partial charge in [0.1, 0.15) is 5.75 Å². The average molecular weight is 309 g/mol. The summed E-state index contributed by atoms with van der Waals surface area (Å²) in [6.07, 6.45) is 5.48. The molecule has 1 aliphatic rings. The van der Waals surface area contributed by atoms with Gasteiger partial charge in [-0.1, -0.05) is 11.6 Å².